The molecule has 0 aromatic carbocycles. The van der Waals surface area contributed by atoms with Gasteiger partial charge in [-0.1, -0.05) is 32.4 Å². The highest BCUT2D eigenvalue weighted by Gasteiger charge is 2.63. The van der Waals surface area contributed by atoms with Gasteiger partial charge in [0.2, 0.25) is 0 Å². The number of fused-ring (bicyclic) bond motifs is 6. The molecule has 2 heterocycles. The minimum absolute atomic E-state index is 0. The molecule has 0 aromatic rings. The summed E-state index contributed by atoms with van der Waals surface area (Å²) in [5.74, 6) is 2.41. The SMILES string of the molecule is CC1=C2C(=O)[C@H]3[C@@H](CC=C4C[C@@H](O)CC[C@@]43C)[C@@H]2CC[C@]12O[C@@H]1C[C@H](C)CN[C@H]1[C@H]2C.Cl. The van der Waals surface area contributed by atoms with Crippen LogP contribution in [0.2, 0.25) is 0 Å². The van der Waals surface area contributed by atoms with E-state index in [4.69, 9.17) is 4.74 Å². The molecule has 0 amide bonds. The number of aliphatic hydroxyl groups is 1. The lowest BCUT2D eigenvalue weighted by Gasteiger charge is -2.48. The Bertz CT molecular complexity index is 882. The number of rotatable bonds is 0. The van der Waals surface area contributed by atoms with Crippen LogP contribution in [0.15, 0.2) is 22.8 Å². The van der Waals surface area contributed by atoms with Gasteiger partial charge in [0.1, 0.15) is 0 Å². The summed E-state index contributed by atoms with van der Waals surface area (Å²) < 4.78 is 6.93. The Morgan fingerprint density at radius 1 is 1.22 bits per heavy atom. The van der Waals surface area contributed by atoms with Crippen LogP contribution in [0.4, 0.5) is 0 Å². The molecule has 0 aromatic heterocycles. The molecule has 4 fully saturated rings. The van der Waals surface area contributed by atoms with Gasteiger partial charge in [-0.3, -0.25) is 4.79 Å². The van der Waals surface area contributed by atoms with Crippen molar-refractivity contribution in [3.05, 3.63) is 22.8 Å². The first kappa shape index (κ1) is 23.1. The van der Waals surface area contributed by atoms with E-state index in [1.165, 1.54) is 11.1 Å². The molecule has 2 N–H and O–H groups in total. The predicted octanol–water partition coefficient (Wildman–Crippen LogP) is 4.60. The summed E-state index contributed by atoms with van der Waals surface area (Å²) in [6.07, 6.45) is 9.23. The lowest BCUT2D eigenvalue weighted by Crippen LogP contribution is -2.49. The van der Waals surface area contributed by atoms with Crippen LogP contribution in [0.3, 0.4) is 0 Å². The molecule has 5 heteroatoms. The van der Waals surface area contributed by atoms with Gasteiger partial charge in [-0.25, -0.2) is 0 Å². The van der Waals surface area contributed by atoms with Gasteiger partial charge >= 0.3 is 0 Å². The van der Waals surface area contributed by atoms with Crippen LogP contribution < -0.4 is 5.32 Å². The standard InChI is InChI=1S/C27H39NO3.ClH/c1-14-11-21-24(28-13-14)16(3)27(31-21)10-8-19-20-6-5-17-12-18(29)7-9-26(17,4)23(20)25(30)22(19)15(27)2;/h5,14,16,18-21,23-24,28-29H,6-13H2,1-4H3;1H/t14-,16+,18-,19-,20-,21+,23+,24-,26-,27-;/m0./s1. The molecular weight excluding hydrogens is 422 g/mol. The van der Waals surface area contributed by atoms with E-state index in [-0.39, 0.29) is 41.5 Å². The van der Waals surface area contributed by atoms with Crippen molar-refractivity contribution in [3.63, 3.8) is 0 Å². The Balaban J connectivity index is 0.00000216. The average Bonchev–Trinajstić information content (AvgIpc) is 3.18. The van der Waals surface area contributed by atoms with Crippen molar-refractivity contribution in [2.24, 2.45) is 35.0 Å². The number of hydrogen-bond donors (Lipinski definition) is 2. The molecule has 6 rings (SSSR count). The van der Waals surface area contributed by atoms with E-state index < -0.39 is 0 Å². The highest BCUT2D eigenvalue weighted by atomic mass is 35.5. The van der Waals surface area contributed by atoms with Gasteiger partial charge < -0.3 is 15.2 Å². The number of Topliss-reactive ketones (excluding diaryl/α,β-unsaturated/α-hetero) is 1. The predicted molar refractivity (Wildman–Crippen MR) is 128 cm³/mol. The first-order chi connectivity index (χ1) is 14.8. The number of aliphatic hydroxyl groups excluding tert-OH is 1. The third kappa shape index (κ3) is 2.88. The van der Waals surface area contributed by atoms with Crippen molar-refractivity contribution in [2.45, 2.75) is 96.5 Å². The van der Waals surface area contributed by atoms with Crippen molar-refractivity contribution in [1.82, 2.24) is 5.32 Å². The molecule has 2 saturated carbocycles. The van der Waals surface area contributed by atoms with Crippen molar-refractivity contribution in [1.29, 1.82) is 0 Å². The number of nitrogens with one attached hydrogen (secondary N) is 1. The van der Waals surface area contributed by atoms with E-state index in [0.29, 0.717) is 35.5 Å². The second kappa shape index (κ2) is 7.66. The van der Waals surface area contributed by atoms with Crippen molar-refractivity contribution >= 4 is 18.2 Å². The number of piperidine rings is 1. The Labute approximate surface area is 199 Å². The highest BCUT2D eigenvalue weighted by molar-refractivity contribution is 6.02. The Morgan fingerprint density at radius 3 is 2.78 bits per heavy atom. The summed E-state index contributed by atoms with van der Waals surface area (Å²) in [6, 6.07) is 0.410. The number of carbonyl (C=O) groups is 1. The third-order valence-electron chi connectivity index (χ3n) is 10.6. The smallest absolute Gasteiger partial charge is 0.163 e. The molecule has 2 aliphatic heterocycles. The van der Waals surface area contributed by atoms with Gasteiger partial charge in [-0.05, 0) is 87.2 Å². The molecule has 178 valence electrons. The van der Waals surface area contributed by atoms with Crippen molar-refractivity contribution < 1.29 is 14.6 Å². The van der Waals surface area contributed by atoms with Crippen LogP contribution in [-0.2, 0) is 9.53 Å². The maximum atomic E-state index is 14.1. The van der Waals surface area contributed by atoms with Crippen LogP contribution in [-0.4, -0.2) is 41.3 Å². The number of ketones is 1. The Morgan fingerprint density at radius 2 is 2.00 bits per heavy atom. The van der Waals surface area contributed by atoms with E-state index >= 15 is 0 Å². The monoisotopic (exact) mass is 461 g/mol. The van der Waals surface area contributed by atoms with Gasteiger partial charge in [0, 0.05) is 23.5 Å². The van der Waals surface area contributed by atoms with Crippen LogP contribution in [0, 0.1) is 35.0 Å². The molecule has 32 heavy (non-hydrogen) atoms. The van der Waals surface area contributed by atoms with Crippen molar-refractivity contribution in [3.8, 4) is 0 Å². The topological polar surface area (TPSA) is 58.6 Å². The van der Waals surface area contributed by atoms with E-state index in [2.05, 4.69) is 39.1 Å². The molecular formula is C27H40ClNO3. The van der Waals surface area contributed by atoms with Crippen LogP contribution in [0.1, 0.15) is 72.6 Å². The lowest BCUT2D eigenvalue weighted by molar-refractivity contribution is -0.123. The van der Waals surface area contributed by atoms with E-state index in [0.717, 1.165) is 57.1 Å². The molecule has 0 bridgehead atoms. The normalized spacial score (nSPS) is 52.0. The number of halogens is 1. The highest BCUT2D eigenvalue weighted by Crippen LogP contribution is 2.63. The molecule has 4 nitrogen and oxygen atoms in total. The first-order valence-corrected chi connectivity index (χ1v) is 12.8. The minimum atomic E-state index is -0.263. The fourth-order valence-corrected chi connectivity index (χ4v) is 8.93. The average molecular weight is 462 g/mol. The number of ether oxygens (including phenoxy) is 1. The van der Waals surface area contributed by atoms with Gasteiger partial charge in [-0.2, -0.15) is 0 Å². The molecule has 1 spiro atoms. The fraction of sp³-hybridized carbons (Fsp3) is 0.815. The second-order valence-electron chi connectivity index (χ2n) is 12.1. The third-order valence-corrected chi connectivity index (χ3v) is 10.6. The summed E-state index contributed by atoms with van der Waals surface area (Å²) in [5.41, 5.74) is 3.43. The summed E-state index contributed by atoms with van der Waals surface area (Å²) in [5, 5.41) is 14.0. The van der Waals surface area contributed by atoms with Crippen LogP contribution >= 0.6 is 12.4 Å². The zero-order valence-electron chi connectivity index (χ0n) is 20.0. The van der Waals surface area contributed by atoms with E-state index in [1.807, 2.05) is 0 Å². The molecule has 4 aliphatic carbocycles. The minimum Gasteiger partial charge on any atom is -0.393 e. The molecule has 2 saturated heterocycles. The maximum Gasteiger partial charge on any atom is 0.163 e. The van der Waals surface area contributed by atoms with Crippen LogP contribution in [0.5, 0.6) is 0 Å². The van der Waals surface area contributed by atoms with Gasteiger partial charge in [-0.15, -0.1) is 12.4 Å². The quantitative estimate of drug-likeness (QED) is 0.517. The maximum absolute atomic E-state index is 14.1. The Kier molecular flexibility index (Phi) is 5.53. The zero-order valence-corrected chi connectivity index (χ0v) is 20.8. The number of allylic oxidation sites excluding steroid dienone is 2. The van der Waals surface area contributed by atoms with E-state index in [1.54, 1.807) is 0 Å². The van der Waals surface area contributed by atoms with Gasteiger partial charge in [0.25, 0.3) is 0 Å². The van der Waals surface area contributed by atoms with Gasteiger partial charge in [0.15, 0.2) is 5.78 Å². The summed E-state index contributed by atoms with van der Waals surface area (Å²) in [6.45, 7) is 10.3. The molecule has 10 atom stereocenters. The summed E-state index contributed by atoms with van der Waals surface area (Å²) in [4.78, 5) is 14.1. The van der Waals surface area contributed by atoms with Crippen LogP contribution in [0.25, 0.3) is 0 Å². The summed E-state index contributed by atoms with van der Waals surface area (Å²) >= 11 is 0. The summed E-state index contributed by atoms with van der Waals surface area (Å²) in [7, 11) is 0. The fourth-order valence-electron chi connectivity index (χ4n) is 8.93. The lowest BCUT2D eigenvalue weighted by atomic mass is 9.56. The number of hydrogen-bond acceptors (Lipinski definition) is 4. The first-order valence-electron chi connectivity index (χ1n) is 12.8. The zero-order chi connectivity index (χ0) is 21.7. The second-order valence-corrected chi connectivity index (χ2v) is 12.1. The number of carbonyl (C=O) groups excluding carboxylic acids is 1. The van der Waals surface area contributed by atoms with Gasteiger partial charge in [0.05, 0.1) is 17.8 Å². The molecule has 6 aliphatic rings. The largest absolute Gasteiger partial charge is 0.393 e. The van der Waals surface area contributed by atoms with E-state index in [9.17, 15) is 9.90 Å². The molecule has 0 radical (unpaired) electrons. The Hall–Kier alpha value is -0.680. The molecule has 0 unspecified atom stereocenters. The van der Waals surface area contributed by atoms with Crippen molar-refractivity contribution in [2.75, 3.05) is 6.54 Å².